The largest absolute Gasteiger partial charge is 0.492 e. The molecule has 3 atom stereocenters. The molecule has 2 spiro atoms. The van der Waals surface area contributed by atoms with E-state index < -0.39 is 18.5 Å². The van der Waals surface area contributed by atoms with Crippen LogP contribution in [0.2, 0.25) is 5.02 Å². The number of likely N-dealkylation sites (tertiary alicyclic amines) is 1. The standard InChI is InChI=1S/C46H52ClN5O5/c47-34-5-4-6-35-39(34)42(55)49-44-46(17-2-1-3-18-46)32-13-9-28(24-37(32)52(35)44)23-27-7-10-29(11-8-27)50-21-19-45(20-22-50)26-57-40-31-25-51(36-15-16-38(53)48-41(36)54)43(56)30(31)12-14-33(40)45/h4-6,9,12-14,24,27,29,36,42-43,55-56H,1-3,7-8,10-11,15-23,25-26H2,(H,48,53,54)/t27?,29?,36-,42?,43?/m1/s1. The predicted molar refractivity (Wildman–Crippen MR) is 218 cm³/mol. The molecule has 298 valence electrons. The van der Waals surface area contributed by atoms with Crippen molar-refractivity contribution in [2.75, 3.05) is 24.6 Å². The number of anilines is 2. The molecule has 2 saturated heterocycles. The normalized spacial score (nSPS) is 30.0. The Hall–Kier alpha value is -3.80. The van der Waals surface area contributed by atoms with Crippen molar-refractivity contribution in [2.45, 2.75) is 132 Å². The summed E-state index contributed by atoms with van der Waals surface area (Å²) >= 11 is 6.68. The molecule has 3 aromatic carbocycles. The number of carbonyl (C=O) groups excluding carboxylic acids is 2. The molecule has 2 saturated carbocycles. The number of hydrogen-bond donors (Lipinski definition) is 3. The predicted octanol–water partition coefficient (Wildman–Crippen LogP) is 7.24. The van der Waals surface area contributed by atoms with Gasteiger partial charge in [0.2, 0.25) is 11.8 Å². The Labute approximate surface area is 339 Å². The van der Waals surface area contributed by atoms with E-state index in [2.05, 4.69) is 45.4 Å². The number of hydrogen-bond acceptors (Lipinski definition) is 9. The summed E-state index contributed by atoms with van der Waals surface area (Å²) in [7, 11) is 0. The summed E-state index contributed by atoms with van der Waals surface area (Å²) in [5, 5.41) is 25.5. The fourth-order valence-corrected chi connectivity index (χ4v) is 12.7. The van der Waals surface area contributed by atoms with E-state index in [4.69, 9.17) is 21.3 Å². The summed E-state index contributed by atoms with van der Waals surface area (Å²) in [4.78, 5) is 36.3. The first-order valence-corrected chi connectivity index (χ1v) is 21.9. The number of amidine groups is 1. The van der Waals surface area contributed by atoms with Crippen molar-refractivity contribution in [2.24, 2.45) is 10.9 Å². The highest BCUT2D eigenvalue weighted by Gasteiger charge is 2.52. The second-order valence-corrected chi connectivity index (χ2v) is 18.7. The quantitative estimate of drug-likeness (QED) is 0.237. The molecule has 11 heteroatoms. The highest BCUT2D eigenvalue weighted by molar-refractivity contribution is 6.32. The Morgan fingerprint density at radius 1 is 0.895 bits per heavy atom. The van der Waals surface area contributed by atoms with Gasteiger partial charge in [0.1, 0.15) is 17.8 Å². The van der Waals surface area contributed by atoms with E-state index in [1.807, 2.05) is 23.1 Å². The lowest BCUT2D eigenvalue weighted by molar-refractivity contribution is -0.141. The Balaban J connectivity index is 0.749. The molecule has 8 aliphatic rings. The summed E-state index contributed by atoms with van der Waals surface area (Å²) < 4.78 is 6.49. The minimum atomic E-state index is -0.939. The van der Waals surface area contributed by atoms with Crippen molar-refractivity contribution in [1.82, 2.24) is 15.1 Å². The van der Waals surface area contributed by atoms with E-state index >= 15 is 0 Å². The molecule has 2 amide bonds. The lowest BCUT2D eigenvalue weighted by atomic mass is 9.69. The fourth-order valence-electron chi connectivity index (χ4n) is 12.4. The van der Waals surface area contributed by atoms with E-state index in [1.54, 1.807) is 0 Å². The molecular weight excluding hydrogens is 738 g/mol. The average Bonchev–Trinajstić information content (AvgIpc) is 3.83. The Morgan fingerprint density at radius 3 is 2.47 bits per heavy atom. The van der Waals surface area contributed by atoms with Crippen molar-refractivity contribution < 1.29 is 24.5 Å². The van der Waals surface area contributed by atoms with Gasteiger partial charge in [-0.15, -0.1) is 0 Å². The number of aliphatic hydroxyl groups is 2. The smallest absolute Gasteiger partial charge is 0.244 e. The maximum atomic E-state index is 12.7. The lowest BCUT2D eigenvalue weighted by Gasteiger charge is -2.44. The van der Waals surface area contributed by atoms with Crippen LogP contribution in [0.5, 0.6) is 5.75 Å². The molecular formula is C46H52ClN5O5. The van der Waals surface area contributed by atoms with E-state index in [-0.39, 0.29) is 29.1 Å². The molecule has 0 bridgehead atoms. The van der Waals surface area contributed by atoms with E-state index in [0.717, 1.165) is 73.6 Å². The molecule has 6 heterocycles. The van der Waals surface area contributed by atoms with Gasteiger partial charge < -0.3 is 19.8 Å². The van der Waals surface area contributed by atoms with Crippen molar-refractivity contribution in [3.05, 3.63) is 86.9 Å². The van der Waals surface area contributed by atoms with Gasteiger partial charge in [0, 0.05) is 46.7 Å². The van der Waals surface area contributed by atoms with Gasteiger partial charge in [-0.05, 0) is 113 Å². The maximum absolute atomic E-state index is 12.7. The summed E-state index contributed by atoms with van der Waals surface area (Å²) in [6.45, 7) is 3.24. The minimum absolute atomic E-state index is 0.0162. The number of aliphatic imine (C=N–C) groups is 1. The number of carbonyl (C=O) groups is 2. The fraction of sp³-hybridized carbons (Fsp3) is 0.543. The van der Waals surface area contributed by atoms with Crippen LogP contribution in [0.25, 0.3) is 0 Å². The Kier molecular flexibility index (Phi) is 8.68. The SMILES string of the molecule is O=C1CC[C@@H](N2Cc3c(ccc4c3OCC43CCN(C4CCC(Cc5ccc6c(c5)N5C(=NC(O)c7c(Cl)cccc75)C65CCCCC5)CC4)CC3)C2O)C(=O)N1. The van der Waals surface area contributed by atoms with E-state index in [1.165, 1.54) is 67.3 Å². The summed E-state index contributed by atoms with van der Waals surface area (Å²) in [6, 6.07) is 17.4. The topological polar surface area (TPSA) is 118 Å². The molecule has 3 aromatic rings. The third-order valence-electron chi connectivity index (χ3n) is 15.5. The van der Waals surface area contributed by atoms with Gasteiger partial charge in [-0.3, -0.25) is 24.7 Å². The van der Waals surface area contributed by atoms with Crippen LogP contribution in [-0.4, -0.2) is 69.4 Å². The van der Waals surface area contributed by atoms with Crippen molar-refractivity contribution >= 4 is 40.6 Å². The molecule has 2 unspecified atom stereocenters. The number of benzene rings is 3. The van der Waals surface area contributed by atoms with Gasteiger partial charge in [-0.1, -0.05) is 61.2 Å². The lowest BCUT2D eigenvalue weighted by Crippen LogP contribution is -2.51. The summed E-state index contributed by atoms with van der Waals surface area (Å²) in [6.07, 6.45) is 12.7. The molecule has 3 N–H and O–H groups in total. The zero-order chi connectivity index (χ0) is 38.6. The first-order chi connectivity index (χ1) is 27.7. The number of rotatable bonds is 4. The van der Waals surface area contributed by atoms with Gasteiger partial charge in [-0.2, -0.15) is 0 Å². The number of halogens is 1. The van der Waals surface area contributed by atoms with Gasteiger partial charge in [0.25, 0.3) is 0 Å². The van der Waals surface area contributed by atoms with Crippen LogP contribution in [-0.2, 0) is 33.4 Å². The van der Waals surface area contributed by atoms with Crippen LogP contribution in [0.3, 0.4) is 0 Å². The number of nitrogens with zero attached hydrogens (tertiary/aromatic N) is 4. The summed E-state index contributed by atoms with van der Waals surface area (Å²) in [5.74, 6) is 2.00. The van der Waals surface area contributed by atoms with Gasteiger partial charge >= 0.3 is 0 Å². The number of amides is 2. The van der Waals surface area contributed by atoms with Crippen molar-refractivity contribution in [3.8, 4) is 5.75 Å². The molecule has 2 aliphatic carbocycles. The number of piperidine rings is 2. The third kappa shape index (κ3) is 5.60. The zero-order valence-corrected chi connectivity index (χ0v) is 33.3. The molecule has 6 aliphatic heterocycles. The highest BCUT2D eigenvalue weighted by atomic mass is 35.5. The number of imide groups is 1. The first-order valence-electron chi connectivity index (χ1n) is 21.5. The van der Waals surface area contributed by atoms with E-state index in [0.29, 0.717) is 42.1 Å². The third-order valence-corrected chi connectivity index (χ3v) is 15.8. The number of aliphatic hydroxyl groups excluding tert-OH is 2. The Bertz CT molecular complexity index is 2180. The second kappa shape index (κ2) is 13.6. The Morgan fingerprint density at radius 2 is 1.68 bits per heavy atom. The maximum Gasteiger partial charge on any atom is 0.244 e. The molecule has 0 radical (unpaired) electrons. The first kappa shape index (κ1) is 36.3. The minimum Gasteiger partial charge on any atom is -0.492 e. The van der Waals surface area contributed by atoms with Crippen LogP contribution in [0, 0.1) is 5.92 Å². The van der Waals surface area contributed by atoms with Crippen LogP contribution >= 0.6 is 11.6 Å². The number of nitrogens with one attached hydrogen (secondary N) is 1. The molecule has 0 aromatic heterocycles. The van der Waals surface area contributed by atoms with Gasteiger partial charge in [0.05, 0.1) is 34.5 Å². The summed E-state index contributed by atoms with van der Waals surface area (Å²) in [5.41, 5.74) is 8.57. The highest BCUT2D eigenvalue weighted by Crippen LogP contribution is 2.57. The number of ether oxygens (including phenoxy) is 1. The monoisotopic (exact) mass is 789 g/mol. The van der Waals surface area contributed by atoms with Crippen molar-refractivity contribution in [3.63, 3.8) is 0 Å². The van der Waals surface area contributed by atoms with Crippen LogP contribution in [0.15, 0.2) is 53.5 Å². The van der Waals surface area contributed by atoms with Crippen LogP contribution < -0.4 is 15.0 Å². The van der Waals surface area contributed by atoms with Crippen molar-refractivity contribution in [1.29, 1.82) is 0 Å². The van der Waals surface area contributed by atoms with E-state index in [9.17, 15) is 19.8 Å². The molecule has 10 nitrogen and oxygen atoms in total. The average molecular weight is 790 g/mol. The molecule has 4 fully saturated rings. The zero-order valence-electron chi connectivity index (χ0n) is 32.5. The molecule has 11 rings (SSSR count). The van der Waals surface area contributed by atoms with Crippen LogP contribution in [0.4, 0.5) is 11.4 Å². The number of fused-ring (bicyclic) bond motifs is 11. The van der Waals surface area contributed by atoms with Crippen LogP contribution in [0.1, 0.15) is 129 Å². The molecule has 57 heavy (non-hydrogen) atoms. The second-order valence-electron chi connectivity index (χ2n) is 18.3. The van der Waals surface area contributed by atoms with Gasteiger partial charge in [0.15, 0.2) is 6.23 Å². The van der Waals surface area contributed by atoms with Gasteiger partial charge in [-0.25, -0.2) is 4.99 Å².